The zero-order valence-corrected chi connectivity index (χ0v) is 10.3. The highest BCUT2D eigenvalue weighted by Crippen LogP contribution is 2.59. The SMILES string of the molecule is C1=CCC(C2C3CC4CC(C3)CC2C4)CC1. The van der Waals surface area contributed by atoms with Crippen molar-refractivity contribution in [3.63, 3.8) is 0 Å². The van der Waals surface area contributed by atoms with Gasteiger partial charge in [0.25, 0.3) is 0 Å². The molecule has 4 fully saturated rings. The molecule has 88 valence electrons. The largest absolute Gasteiger partial charge is 0.0885 e. The summed E-state index contributed by atoms with van der Waals surface area (Å²) in [6.07, 6.45) is 17.2. The van der Waals surface area contributed by atoms with Crippen molar-refractivity contribution in [3.05, 3.63) is 12.2 Å². The van der Waals surface area contributed by atoms with Gasteiger partial charge in [0.05, 0.1) is 0 Å². The lowest BCUT2D eigenvalue weighted by Gasteiger charge is -2.56. The van der Waals surface area contributed by atoms with Crippen LogP contribution in [0.5, 0.6) is 0 Å². The first-order valence-corrected chi connectivity index (χ1v) is 7.55. The van der Waals surface area contributed by atoms with Gasteiger partial charge >= 0.3 is 0 Å². The van der Waals surface area contributed by atoms with E-state index >= 15 is 0 Å². The van der Waals surface area contributed by atoms with Crippen LogP contribution in [0.25, 0.3) is 0 Å². The van der Waals surface area contributed by atoms with Crippen LogP contribution in [0.15, 0.2) is 12.2 Å². The normalized spacial score (nSPS) is 54.5. The van der Waals surface area contributed by atoms with Crippen LogP contribution in [0.4, 0.5) is 0 Å². The van der Waals surface area contributed by atoms with Crippen LogP contribution in [-0.2, 0) is 0 Å². The zero-order chi connectivity index (χ0) is 10.5. The van der Waals surface area contributed by atoms with E-state index in [0.29, 0.717) is 0 Å². The van der Waals surface area contributed by atoms with E-state index < -0.39 is 0 Å². The Hall–Kier alpha value is -0.260. The van der Waals surface area contributed by atoms with Gasteiger partial charge in [0.1, 0.15) is 0 Å². The second-order valence-electron chi connectivity index (χ2n) is 7.05. The molecule has 0 N–H and O–H groups in total. The third-order valence-corrected chi connectivity index (χ3v) is 6.15. The Kier molecular flexibility index (Phi) is 2.20. The van der Waals surface area contributed by atoms with Crippen LogP contribution in [0.3, 0.4) is 0 Å². The Morgan fingerprint density at radius 3 is 1.94 bits per heavy atom. The molecule has 0 heteroatoms. The average molecular weight is 216 g/mol. The van der Waals surface area contributed by atoms with E-state index in [2.05, 4.69) is 12.2 Å². The first kappa shape index (κ1) is 9.74. The minimum Gasteiger partial charge on any atom is -0.0885 e. The maximum atomic E-state index is 2.47. The molecule has 0 aromatic carbocycles. The van der Waals surface area contributed by atoms with E-state index in [-0.39, 0.29) is 0 Å². The van der Waals surface area contributed by atoms with E-state index in [4.69, 9.17) is 0 Å². The minimum absolute atomic E-state index is 1.07. The average Bonchev–Trinajstić information content (AvgIpc) is 2.29. The fraction of sp³-hybridized carbons (Fsp3) is 0.875. The molecule has 0 heterocycles. The number of allylic oxidation sites excluding steroid dienone is 2. The van der Waals surface area contributed by atoms with Crippen LogP contribution >= 0.6 is 0 Å². The summed E-state index contributed by atoms with van der Waals surface area (Å²) in [6.45, 7) is 0. The molecule has 0 aromatic heterocycles. The van der Waals surface area contributed by atoms with Crippen molar-refractivity contribution in [2.75, 3.05) is 0 Å². The van der Waals surface area contributed by atoms with Crippen molar-refractivity contribution >= 4 is 0 Å². The molecule has 5 aliphatic rings. The van der Waals surface area contributed by atoms with E-state index in [9.17, 15) is 0 Å². The second kappa shape index (κ2) is 3.62. The minimum atomic E-state index is 1.07. The van der Waals surface area contributed by atoms with Gasteiger partial charge in [-0.3, -0.25) is 0 Å². The van der Waals surface area contributed by atoms with Crippen molar-refractivity contribution < 1.29 is 0 Å². The summed E-state index contributed by atoms with van der Waals surface area (Å²) in [6, 6.07) is 0. The summed E-state index contributed by atoms with van der Waals surface area (Å²) in [7, 11) is 0. The third kappa shape index (κ3) is 1.41. The highest BCUT2D eigenvalue weighted by atomic mass is 14.5. The summed E-state index contributed by atoms with van der Waals surface area (Å²) in [5.74, 6) is 6.80. The smallest absolute Gasteiger partial charge is 0.0319 e. The fourth-order valence-corrected chi connectivity index (χ4v) is 5.90. The van der Waals surface area contributed by atoms with Gasteiger partial charge in [0.2, 0.25) is 0 Å². The number of hydrogen-bond acceptors (Lipinski definition) is 0. The summed E-state index contributed by atoms with van der Waals surface area (Å²) in [5.41, 5.74) is 0. The van der Waals surface area contributed by atoms with Crippen LogP contribution < -0.4 is 0 Å². The van der Waals surface area contributed by atoms with Crippen molar-refractivity contribution in [3.8, 4) is 0 Å². The van der Waals surface area contributed by atoms with Crippen molar-refractivity contribution in [2.24, 2.45) is 35.5 Å². The second-order valence-corrected chi connectivity index (χ2v) is 7.05. The lowest BCUT2D eigenvalue weighted by molar-refractivity contribution is -0.0630. The standard InChI is InChI=1S/C16H24/c1-2-4-13(5-3-1)16-14-7-11-6-12(9-14)10-15(16)8-11/h1-2,11-16H,3-10H2. The van der Waals surface area contributed by atoms with Gasteiger partial charge in [-0.1, -0.05) is 12.2 Å². The van der Waals surface area contributed by atoms with Gasteiger partial charge in [-0.25, -0.2) is 0 Å². The molecule has 0 amide bonds. The van der Waals surface area contributed by atoms with E-state index in [1.54, 1.807) is 32.1 Å². The Balaban J connectivity index is 1.57. The molecule has 4 saturated carbocycles. The van der Waals surface area contributed by atoms with Gasteiger partial charge in [0.15, 0.2) is 0 Å². The summed E-state index contributed by atoms with van der Waals surface area (Å²) >= 11 is 0. The van der Waals surface area contributed by atoms with Gasteiger partial charge in [-0.15, -0.1) is 0 Å². The molecule has 0 aliphatic heterocycles. The van der Waals surface area contributed by atoms with Gasteiger partial charge in [-0.2, -0.15) is 0 Å². The highest BCUT2D eigenvalue weighted by Gasteiger charge is 2.49. The zero-order valence-electron chi connectivity index (χ0n) is 10.3. The molecule has 1 unspecified atom stereocenters. The quantitative estimate of drug-likeness (QED) is 0.569. The van der Waals surface area contributed by atoms with E-state index in [1.165, 1.54) is 19.3 Å². The molecule has 4 bridgehead atoms. The topological polar surface area (TPSA) is 0 Å². The highest BCUT2D eigenvalue weighted by molar-refractivity contribution is 5.02. The Labute approximate surface area is 99.5 Å². The maximum Gasteiger partial charge on any atom is -0.0319 e. The maximum absolute atomic E-state index is 2.47. The molecule has 0 nitrogen and oxygen atoms in total. The summed E-state index contributed by atoms with van der Waals surface area (Å²) in [4.78, 5) is 0. The molecule has 5 aliphatic carbocycles. The lowest BCUT2D eigenvalue weighted by Crippen LogP contribution is -2.47. The molecule has 0 radical (unpaired) electrons. The van der Waals surface area contributed by atoms with Crippen LogP contribution in [0.2, 0.25) is 0 Å². The van der Waals surface area contributed by atoms with E-state index in [1.807, 2.05) is 0 Å². The number of rotatable bonds is 1. The van der Waals surface area contributed by atoms with Gasteiger partial charge in [0, 0.05) is 0 Å². The molecule has 0 aromatic rings. The molecular weight excluding hydrogens is 192 g/mol. The van der Waals surface area contributed by atoms with Crippen molar-refractivity contribution in [1.29, 1.82) is 0 Å². The van der Waals surface area contributed by atoms with Gasteiger partial charge < -0.3 is 0 Å². The fourth-order valence-electron chi connectivity index (χ4n) is 5.90. The molecule has 0 saturated heterocycles. The van der Waals surface area contributed by atoms with Crippen LogP contribution in [0, 0.1) is 35.5 Å². The third-order valence-electron chi connectivity index (χ3n) is 6.15. The predicted octanol–water partition coefficient (Wildman–Crippen LogP) is 4.42. The number of hydrogen-bond donors (Lipinski definition) is 0. The van der Waals surface area contributed by atoms with Gasteiger partial charge in [-0.05, 0) is 86.9 Å². The Morgan fingerprint density at radius 1 is 0.688 bits per heavy atom. The van der Waals surface area contributed by atoms with Crippen LogP contribution in [0.1, 0.15) is 51.4 Å². The summed E-state index contributed by atoms with van der Waals surface area (Å²) in [5, 5.41) is 0. The first-order chi connectivity index (χ1) is 7.90. The van der Waals surface area contributed by atoms with Crippen molar-refractivity contribution in [2.45, 2.75) is 51.4 Å². The monoisotopic (exact) mass is 216 g/mol. The molecule has 16 heavy (non-hydrogen) atoms. The molecule has 0 spiro atoms. The molecule has 5 rings (SSSR count). The first-order valence-electron chi connectivity index (χ1n) is 7.55. The van der Waals surface area contributed by atoms with E-state index in [0.717, 1.165) is 35.5 Å². The van der Waals surface area contributed by atoms with Crippen LogP contribution in [-0.4, -0.2) is 0 Å². The summed E-state index contributed by atoms with van der Waals surface area (Å²) < 4.78 is 0. The molecular formula is C16H24. The predicted molar refractivity (Wildman–Crippen MR) is 67.0 cm³/mol. The Morgan fingerprint density at radius 2 is 1.38 bits per heavy atom. The molecule has 1 atom stereocenters. The van der Waals surface area contributed by atoms with Crippen molar-refractivity contribution in [1.82, 2.24) is 0 Å². The lowest BCUT2D eigenvalue weighted by atomic mass is 9.49. The Bertz CT molecular complexity index is 273.